The van der Waals surface area contributed by atoms with Gasteiger partial charge in [-0.3, -0.25) is 19.6 Å². The Bertz CT molecular complexity index is 817. The number of amides is 2. The van der Waals surface area contributed by atoms with Crippen LogP contribution >= 0.6 is 0 Å². The molecule has 25 heavy (non-hydrogen) atoms. The van der Waals surface area contributed by atoms with Crippen LogP contribution in [0, 0.1) is 11.8 Å². The van der Waals surface area contributed by atoms with Gasteiger partial charge in [-0.2, -0.15) is 0 Å². The average molecular weight is 354 g/mol. The van der Waals surface area contributed by atoms with E-state index < -0.39 is 42.5 Å². The second kappa shape index (κ2) is 6.77. The number of hydroxylamine groups is 4. The maximum atomic E-state index is 11.8. The van der Waals surface area contributed by atoms with Crippen LogP contribution in [0.15, 0.2) is 30.3 Å². The van der Waals surface area contributed by atoms with Crippen LogP contribution in [0.4, 0.5) is 0 Å². The van der Waals surface area contributed by atoms with Gasteiger partial charge in [0, 0.05) is 8.22 Å². The van der Waals surface area contributed by atoms with Crippen LogP contribution in [0.2, 0.25) is 0 Å². The summed E-state index contributed by atoms with van der Waals surface area (Å²) in [7, 11) is 0. The molecule has 1 aromatic carbocycles. The third kappa shape index (κ3) is 3.41. The fourth-order valence-electron chi connectivity index (χ4n) is 2.44. The molecule has 3 rings (SSSR count). The Hall–Kier alpha value is -1.92. The van der Waals surface area contributed by atoms with Crippen molar-refractivity contribution >= 4 is 11.8 Å². The normalized spacial score (nSPS) is 38.6. The number of hydrogen-bond donors (Lipinski definition) is 1. The Balaban J connectivity index is 0.000000245. The summed E-state index contributed by atoms with van der Waals surface area (Å²) in [5.74, 6) is -2.02. The molecule has 0 spiro atoms. The van der Waals surface area contributed by atoms with Crippen molar-refractivity contribution in [3.05, 3.63) is 35.9 Å². The highest BCUT2D eigenvalue weighted by molar-refractivity contribution is 5.86. The van der Waals surface area contributed by atoms with E-state index in [1.165, 1.54) is 20.8 Å². The quantitative estimate of drug-likeness (QED) is 0.669. The third-order valence-corrected chi connectivity index (χ3v) is 4.90. The minimum atomic E-state index is -2.34. The van der Waals surface area contributed by atoms with E-state index >= 15 is 0 Å². The Kier molecular flexibility index (Phi) is 3.37. The van der Waals surface area contributed by atoms with Crippen LogP contribution < -0.4 is 0 Å². The minimum absolute atomic E-state index is 0.185. The fraction of sp³-hybridized carbons (Fsp3) is 0.579. The molecule has 2 fully saturated rings. The summed E-state index contributed by atoms with van der Waals surface area (Å²) >= 11 is 0. The molecule has 6 nitrogen and oxygen atoms in total. The van der Waals surface area contributed by atoms with Gasteiger partial charge in [0.2, 0.25) is 0 Å². The first-order chi connectivity index (χ1) is 14.0. The van der Waals surface area contributed by atoms with E-state index in [1.54, 1.807) is 6.92 Å². The number of nitrogens with zero attached hydrogens (tertiary/aromatic N) is 2. The Morgan fingerprint density at radius 1 is 1.08 bits per heavy atom. The van der Waals surface area contributed by atoms with Crippen molar-refractivity contribution in [2.45, 2.75) is 59.1 Å². The predicted molar refractivity (Wildman–Crippen MR) is 93.2 cm³/mol. The molecule has 0 radical (unpaired) electrons. The molecule has 6 heteroatoms. The van der Waals surface area contributed by atoms with E-state index in [0.717, 1.165) is 10.6 Å². The molecule has 138 valence electrons. The zero-order valence-corrected chi connectivity index (χ0v) is 14.8. The van der Waals surface area contributed by atoms with Gasteiger partial charge in [-0.15, -0.1) is 0 Å². The molecule has 2 aliphatic heterocycles. The van der Waals surface area contributed by atoms with Gasteiger partial charge in [0.1, 0.15) is 6.61 Å². The number of hydrogen-bond acceptors (Lipinski definition) is 4. The van der Waals surface area contributed by atoms with Crippen molar-refractivity contribution in [3.63, 3.8) is 0 Å². The summed E-state index contributed by atoms with van der Waals surface area (Å²) in [5, 5.41) is 10.4. The standard InChI is InChI=1S/C13H17NO2.C6H11NO2/c1-10-12(15)14(13(10,2)3)16-9-11-7-5-4-6-8-11;1-4-5(8)7(9)6(4,2)3/h4-8,10H,9H2,1-3H3;4,9H,1-3H3/t10-;4-/m11/s1/i2*2D3/t10-,13-;4-,6-. The maximum absolute atomic E-state index is 11.8. The number of carbonyl (C=O) groups is 2. The molecule has 0 unspecified atom stereocenters. The number of β-lactam (4-membered cyclic amide) rings is 2. The summed E-state index contributed by atoms with van der Waals surface area (Å²) in [4.78, 5) is 28.1. The van der Waals surface area contributed by atoms with Gasteiger partial charge < -0.3 is 0 Å². The molecule has 0 aromatic heterocycles. The van der Waals surface area contributed by atoms with Crippen LogP contribution in [0.5, 0.6) is 0 Å². The average Bonchev–Trinajstić information content (AvgIpc) is 2.71. The molecule has 2 amide bonds. The van der Waals surface area contributed by atoms with E-state index in [9.17, 15) is 9.59 Å². The van der Waals surface area contributed by atoms with Crippen molar-refractivity contribution in [1.82, 2.24) is 10.1 Å². The first kappa shape index (κ1) is 12.4. The smallest absolute Gasteiger partial charge is 0.251 e. The van der Waals surface area contributed by atoms with Crippen molar-refractivity contribution < 1.29 is 27.9 Å². The minimum Gasteiger partial charge on any atom is -0.285 e. The monoisotopic (exact) mass is 354 g/mol. The number of rotatable bonds is 3. The molecule has 2 saturated heterocycles. The summed E-state index contributed by atoms with van der Waals surface area (Å²) in [6, 6.07) is 9.33. The number of benzene rings is 1. The van der Waals surface area contributed by atoms with E-state index in [1.807, 2.05) is 30.3 Å². The lowest BCUT2D eigenvalue weighted by atomic mass is 9.80. The third-order valence-electron chi connectivity index (χ3n) is 4.90. The van der Waals surface area contributed by atoms with Crippen molar-refractivity contribution in [2.24, 2.45) is 11.8 Å². The van der Waals surface area contributed by atoms with Crippen LogP contribution in [-0.4, -0.2) is 38.2 Å². The topological polar surface area (TPSA) is 70.1 Å². The van der Waals surface area contributed by atoms with E-state index in [-0.39, 0.29) is 12.5 Å². The highest BCUT2D eigenvalue weighted by atomic mass is 16.7. The zero-order chi connectivity index (χ0) is 24.0. The molecule has 1 N–H and O–H groups in total. The van der Waals surface area contributed by atoms with E-state index in [4.69, 9.17) is 18.3 Å². The van der Waals surface area contributed by atoms with E-state index in [0.29, 0.717) is 5.06 Å². The van der Waals surface area contributed by atoms with Crippen LogP contribution in [0.3, 0.4) is 0 Å². The summed E-state index contributed by atoms with van der Waals surface area (Å²) in [6.45, 7) is 1.60. The highest BCUT2D eigenvalue weighted by Crippen LogP contribution is 2.37. The Labute approximate surface area is 157 Å². The van der Waals surface area contributed by atoms with Crippen molar-refractivity contribution in [1.29, 1.82) is 0 Å². The molecule has 0 saturated carbocycles. The molecule has 1 aromatic rings. The molecule has 4 atom stereocenters. The fourth-order valence-corrected chi connectivity index (χ4v) is 2.44. The van der Waals surface area contributed by atoms with Crippen molar-refractivity contribution in [3.8, 4) is 0 Å². The summed E-state index contributed by atoms with van der Waals surface area (Å²) < 4.78 is 44.1. The predicted octanol–water partition coefficient (Wildman–Crippen LogP) is 3.01. The largest absolute Gasteiger partial charge is 0.285 e. The molecule has 2 aliphatic rings. The molecule has 0 bridgehead atoms. The van der Waals surface area contributed by atoms with Crippen LogP contribution in [0.25, 0.3) is 0 Å². The molecule has 0 aliphatic carbocycles. The Morgan fingerprint density at radius 2 is 1.64 bits per heavy atom. The highest BCUT2D eigenvalue weighted by Gasteiger charge is 2.52. The lowest BCUT2D eigenvalue weighted by Gasteiger charge is -2.50. The van der Waals surface area contributed by atoms with Gasteiger partial charge in [0.15, 0.2) is 0 Å². The molecular formula is C19H28N2O4. The first-order valence-corrected chi connectivity index (χ1v) is 8.05. The van der Waals surface area contributed by atoms with Gasteiger partial charge in [0.25, 0.3) is 11.8 Å². The summed E-state index contributed by atoms with van der Waals surface area (Å²) in [5.41, 5.74) is -1.77. The molecular weight excluding hydrogens is 320 g/mol. The second-order valence-electron chi connectivity index (χ2n) is 6.78. The van der Waals surface area contributed by atoms with Gasteiger partial charge >= 0.3 is 0 Å². The van der Waals surface area contributed by atoms with E-state index in [2.05, 4.69) is 0 Å². The molecule has 2 heterocycles. The summed E-state index contributed by atoms with van der Waals surface area (Å²) in [6.07, 6.45) is 0. The van der Waals surface area contributed by atoms with Gasteiger partial charge in [0.05, 0.1) is 22.9 Å². The van der Waals surface area contributed by atoms with Gasteiger partial charge in [-0.1, -0.05) is 44.2 Å². The van der Waals surface area contributed by atoms with Crippen molar-refractivity contribution in [2.75, 3.05) is 0 Å². The zero-order valence-electron chi connectivity index (χ0n) is 20.8. The van der Waals surface area contributed by atoms with Crippen LogP contribution in [0.1, 0.15) is 55.2 Å². The first-order valence-electron chi connectivity index (χ1n) is 11.0. The van der Waals surface area contributed by atoms with Gasteiger partial charge in [-0.05, 0) is 33.1 Å². The Morgan fingerprint density at radius 3 is 2.12 bits per heavy atom. The lowest BCUT2D eigenvalue weighted by Crippen LogP contribution is -2.66. The number of carbonyl (C=O) groups excluding carboxylic acids is 2. The van der Waals surface area contributed by atoms with Gasteiger partial charge in [-0.25, -0.2) is 10.1 Å². The lowest BCUT2D eigenvalue weighted by molar-refractivity contribution is -0.270. The van der Waals surface area contributed by atoms with Crippen LogP contribution in [-0.2, 0) is 21.0 Å². The maximum Gasteiger partial charge on any atom is 0.251 e. The second-order valence-corrected chi connectivity index (χ2v) is 6.78. The SMILES string of the molecule is [2H]C([2H])([2H])[C@@]1(C)[C@H](C)C(=O)N1O.[2H]C([2H])([2H])[C@@]1(C)[C@H](C)C(=O)N1OCc1ccccc1.